The standard InChI is InChI=1S/C22H20N6O3S/c29-20(14-5-3-6-15(11-14)28-13-24-26-27-28)25-22-19(17-8-1-2-9-18(17)32-22)21(30)23-12-16-7-4-10-31-16/h3-7,10-11,13H,1-2,8-9,12H2,(H,23,30)(H,25,29). The van der Waals surface area contributed by atoms with Crippen molar-refractivity contribution in [1.29, 1.82) is 0 Å². The summed E-state index contributed by atoms with van der Waals surface area (Å²) in [6.07, 6.45) is 6.91. The predicted octanol–water partition coefficient (Wildman–Crippen LogP) is 3.38. The third kappa shape index (κ3) is 4.04. The maximum Gasteiger partial charge on any atom is 0.256 e. The summed E-state index contributed by atoms with van der Waals surface area (Å²) in [4.78, 5) is 27.3. The Balaban J connectivity index is 1.40. The van der Waals surface area contributed by atoms with Crippen LogP contribution < -0.4 is 10.6 Å². The zero-order chi connectivity index (χ0) is 21.9. The van der Waals surface area contributed by atoms with Gasteiger partial charge in [0, 0.05) is 10.4 Å². The summed E-state index contributed by atoms with van der Waals surface area (Å²) in [7, 11) is 0. The molecule has 4 aromatic rings. The maximum atomic E-state index is 13.1. The Labute approximate surface area is 187 Å². The number of furan rings is 1. The first-order valence-electron chi connectivity index (χ1n) is 10.3. The Hall–Kier alpha value is -3.79. The second-order valence-corrected chi connectivity index (χ2v) is 8.54. The summed E-state index contributed by atoms with van der Waals surface area (Å²) in [6.45, 7) is 0.290. The van der Waals surface area contributed by atoms with E-state index in [2.05, 4.69) is 26.2 Å². The van der Waals surface area contributed by atoms with E-state index in [9.17, 15) is 9.59 Å². The maximum absolute atomic E-state index is 13.1. The number of benzene rings is 1. The van der Waals surface area contributed by atoms with Gasteiger partial charge in [-0.3, -0.25) is 9.59 Å². The average Bonchev–Trinajstić information content (AvgIpc) is 3.58. The molecule has 5 rings (SSSR count). The minimum absolute atomic E-state index is 0.210. The largest absolute Gasteiger partial charge is 0.467 e. The number of hydrogen-bond acceptors (Lipinski definition) is 7. The fourth-order valence-corrected chi connectivity index (χ4v) is 5.09. The molecule has 9 nitrogen and oxygen atoms in total. The van der Waals surface area contributed by atoms with Crippen LogP contribution in [-0.2, 0) is 19.4 Å². The normalized spacial score (nSPS) is 12.9. The SMILES string of the molecule is O=C(Nc1sc2c(c1C(=O)NCc1ccco1)CCCC2)c1cccc(-n2cnnn2)c1. The molecule has 0 radical (unpaired) electrons. The van der Waals surface area contributed by atoms with E-state index in [1.54, 1.807) is 30.5 Å². The molecule has 0 saturated carbocycles. The first-order chi connectivity index (χ1) is 15.7. The number of anilines is 1. The van der Waals surface area contributed by atoms with Crippen molar-refractivity contribution in [2.24, 2.45) is 0 Å². The Bertz CT molecular complexity index is 1250. The molecular weight excluding hydrogens is 428 g/mol. The van der Waals surface area contributed by atoms with Gasteiger partial charge in [-0.1, -0.05) is 6.07 Å². The first-order valence-corrected chi connectivity index (χ1v) is 11.1. The van der Waals surface area contributed by atoms with Crippen molar-refractivity contribution in [1.82, 2.24) is 25.5 Å². The van der Waals surface area contributed by atoms with Gasteiger partial charge >= 0.3 is 0 Å². The van der Waals surface area contributed by atoms with Gasteiger partial charge in [0.1, 0.15) is 17.1 Å². The van der Waals surface area contributed by atoms with Crippen LogP contribution >= 0.6 is 11.3 Å². The number of nitrogens with zero attached hydrogens (tertiary/aromatic N) is 4. The summed E-state index contributed by atoms with van der Waals surface area (Å²) in [5.41, 5.74) is 2.72. The highest BCUT2D eigenvalue weighted by molar-refractivity contribution is 7.17. The van der Waals surface area contributed by atoms with Crippen LogP contribution in [0.1, 0.15) is 49.8 Å². The minimum atomic E-state index is -0.293. The molecule has 0 spiro atoms. The van der Waals surface area contributed by atoms with Crippen molar-refractivity contribution in [2.75, 3.05) is 5.32 Å². The molecule has 1 aliphatic carbocycles. The molecule has 3 heterocycles. The minimum Gasteiger partial charge on any atom is -0.467 e. The number of aromatic nitrogens is 4. The van der Waals surface area contributed by atoms with Crippen LogP contribution in [0.5, 0.6) is 0 Å². The van der Waals surface area contributed by atoms with E-state index in [4.69, 9.17) is 4.42 Å². The number of hydrogen-bond donors (Lipinski definition) is 2. The van der Waals surface area contributed by atoms with Crippen molar-refractivity contribution >= 4 is 28.2 Å². The smallest absolute Gasteiger partial charge is 0.256 e. The van der Waals surface area contributed by atoms with Crippen molar-refractivity contribution < 1.29 is 14.0 Å². The summed E-state index contributed by atoms with van der Waals surface area (Å²) < 4.78 is 6.79. The van der Waals surface area contributed by atoms with E-state index >= 15 is 0 Å². The van der Waals surface area contributed by atoms with Crippen molar-refractivity contribution in [2.45, 2.75) is 32.2 Å². The second-order valence-electron chi connectivity index (χ2n) is 7.44. The lowest BCUT2D eigenvalue weighted by molar-refractivity contribution is 0.0948. The average molecular weight is 449 g/mol. The quantitative estimate of drug-likeness (QED) is 0.467. The Morgan fingerprint density at radius 3 is 2.84 bits per heavy atom. The van der Waals surface area contributed by atoms with Gasteiger partial charge in [0.25, 0.3) is 11.8 Å². The molecule has 32 heavy (non-hydrogen) atoms. The second kappa shape index (κ2) is 8.75. The van der Waals surface area contributed by atoms with Gasteiger partial charge in [-0.25, -0.2) is 4.68 Å². The van der Waals surface area contributed by atoms with Crippen LogP contribution in [0.4, 0.5) is 5.00 Å². The molecule has 2 N–H and O–H groups in total. The van der Waals surface area contributed by atoms with Crippen LogP contribution in [0.3, 0.4) is 0 Å². The van der Waals surface area contributed by atoms with Crippen molar-refractivity contribution in [3.63, 3.8) is 0 Å². The highest BCUT2D eigenvalue weighted by Gasteiger charge is 2.26. The number of fused-ring (bicyclic) bond motifs is 1. The van der Waals surface area contributed by atoms with Crippen molar-refractivity contribution in [3.8, 4) is 5.69 Å². The highest BCUT2D eigenvalue weighted by atomic mass is 32.1. The molecule has 1 aliphatic rings. The number of nitrogens with one attached hydrogen (secondary N) is 2. The van der Waals surface area contributed by atoms with E-state index < -0.39 is 0 Å². The molecule has 0 fully saturated rings. The van der Waals surface area contributed by atoms with E-state index in [0.29, 0.717) is 27.6 Å². The summed E-state index contributed by atoms with van der Waals surface area (Å²) in [5, 5.41) is 17.6. The zero-order valence-corrected chi connectivity index (χ0v) is 17.9. The van der Waals surface area contributed by atoms with E-state index in [1.807, 2.05) is 12.1 Å². The lowest BCUT2D eigenvalue weighted by atomic mass is 9.95. The third-order valence-corrected chi connectivity index (χ3v) is 6.56. The molecule has 162 valence electrons. The molecule has 0 atom stereocenters. The van der Waals surface area contributed by atoms with E-state index in [0.717, 1.165) is 36.1 Å². The number of carbonyl (C=O) groups excluding carboxylic acids is 2. The number of tetrazole rings is 1. The lowest BCUT2D eigenvalue weighted by Crippen LogP contribution is -2.25. The molecule has 1 aromatic carbocycles. The molecule has 0 unspecified atom stereocenters. The van der Waals surface area contributed by atoms with Crippen LogP contribution in [0.25, 0.3) is 5.69 Å². The Morgan fingerprint density at radius 2 is 2.03 bits per heavy atom. The predicted molar refractivity (Wildman–Crippen MR) is 118 cm³/mol. The van der Waals surface area contributed by atoms with Gasteiger partial charge in [-0.2, -0.15) is 0 Å². The highest BCUT2D eigenvalue weighted by Crippen LogP contribution is 2.38. The van der Waals surface area contributed by atoms with E-state index in [-0.39, 0.29) is 18.4 Å². The number of aryl methyl sites for hydroxylation is 1. The molecule has 0 aliphatic heterocycles. The van der Waals surface area contributed by atoms with Gasteiger partial charge in [0.15, 0.2) is 0 Å². The molecule has 3 aromatic heterocycles. The van der Waals surface area contributed by atoms with Crippen molar-refractivity contribution in [3.05, 3.63) is 76.3 Å². The number of rotatable bonds is 6. The first kappa shape index (κ1) is 20.1. The summed E-state index contributed by atoms with van der Waals surface area (Å²) in [6, 6.07) is 10.6. The monoisotopic (exact) mass is 448 g/mol. The van der Waals surface area contributed by atoms with Crippen LogP contribution in [0, 0.1) is 0 Å². The van der Waals surface area contributed by atoms with Crippen LogP contribution in [0.15, 0.2) is 53.4 Å². The molecule has 2 amide bonds. The zero-order valence-electron chi connectivity index (χ0n) is 17.1. The molecule has 0 saturated heterocycles. The summed E-state index contributed by atoms with van der Waals surface area (Å²) in [5.74, 6) is 0.171. The molecule has 0 bridgehead atoms. The van der Waals surface area contributed by atoms with Gasteiger partial charge < -0.3 is 15.1 Å². The summed E-state index contributed by atoms with van der Waals surface area (Å²) >= 11 is 1.48. The number of thiophene rings is 1. The number of amides is 2. The fraction of sp³-hybridized carbons (Fsp3) is 0.227. The van der Waals surface area contributed by atoms with Crippen LogP contribution in [-0.4, -0.2) is 32.0 Å². The van der Waals surface area contributed by atoms with Gasteiger partial charge in [0.2, 0.25) is 0 Å². The Kier molecular flexibility index (Phi) is 5.51. The molecule has 10 heteroatoms. The van der Waals surface area contributed by atoms with Crippen LogP contribution in [0.2, 0.25) is 0 Å². The van der Waals surface area contributed by atoms with E-state index in [1.165, 1.54) is 22.3 Å². The topological polar surface area (TPSA) is 115 Å². The van der Waals surface area contributed by atoms with Gasteiger partial charge in [-0.05, 0) is 72.0 Å². The lowest BCUT2D eigenvalue weighted by Gasteiger charge is -2.13. The third-order valence-electron chi connectivity index (χ3n) is 5.35. The fourth-order valence-electron chi connectivity index (χ4n) is 3.81. The number of carbonyl (C=O) groups is 2. The molecular formula is C22H20N6O3S. The van der Waals surface area contributed by atoms with Gasteiger partial charge in [0.05, 0.1) is 24.1 Å². The Morgan fingerprint density at radius 1 is 1.12 bits per heavy atom. The van der Waals surface area contributed by atoms with Gasteiger partial charge in [-0.15, -0.1) is 16.4 Å².